The summed E-state index contributed by atoms with van der Waals surface area (Å²) in [6.07, 6.45) is 8.67. The Morgan fingerprint density at radius 1 is 1.06 bits per heavy atom. The van der Waals surface area contributed by atoms with Crippen molar-refractivity contribution in [3.63, 3.8) is 0 Å². The molecule has 0 aliphatic heterocycles. The molecule has 4 fully saturated rings. The molecule has 0 aromatic rings. The number of rotatable bonds is 4. The van der Waals surface area contributed by atoms with E-state index in [1.165, 1.54) is 25.7 Å². The topological polar surface area (TPSA) is 38.0 Å². The smallest absolute Gasteiger partial charge is 0.0162 e. The van der Waals surface area contributed by atoms with E-state index in [1.807, 2.05) is 0 Å². The van der Waals surface area contributed by atoms with Crippen molar-refractivity contribution in [2.45, 2.75) is 57.5 Å². The van der Waals surface area contributed by atoms with Crippen molar-refractivity contribution in [1.29, 1.82) is 0 Å². The minimum atomic E-state index is 0.359. The van der Waals surface area contributed by atoms with Crippen molar-refractivity contribution in [3.8, 4) is 0 Å². The summed E-state index contributed by atoms with van der Waals surface area (Å²) >= 11 is 0. The summed E-state index contributed by atoms with van der Waals surface area (Å²) in [5, 5.41) is 3.79. The maximum Gasteiger partial charge on any atom is 0.0162 e. The van der Waals surface area contributed by atoms with E-state index in [-0.39, 0.29) is 0 Å². The summed E-state index contributed by atoms with van der Waals surface area (Å²) in [6.45, 7) is 3.22. The second kappa shape index (κ2) is 4.30. The molecule has 2 heteroatoms. The van der Waals surface area contributed by atoms with Gasteiger partial charge in [-0.1, -0.05) is 6.92 Å². The first-order valence-corrected chi connectivity index (χ1v) is 7.25. The molecule has 4 rings (SSSR count). The zero-order chi connectivity index (χ0) is 11.1. The van der Waals surface area contributed by atoms with Gasteiger partial charge in [0.2, 0.25) is 0 Å². The lowest BCUT2D eigenvalue weighted by Gasteiger charge is -2.54. The summed E-state index contributed by atoms with van der Waals surface area (Å²) in [5.74, 6) is 4.14. The van der Waals surface area contributed by atoms with Gasteiger partial charge in [-0.15, -0.1) is 0 Å². The Bertz CT molecular complexity index is 223. The van der Waals surface area contributed by atoms with Crippen molar-refractivity contribution in [2.24, 2.45) is 29.4 Å². The molecule has 4 bridgehead atoms. The van der Waals surface area contributed by atoms with Crippen LogP contribution in [0.3, 0.4) is 0 Å². The average Bonchev–Trinajstić information content (AvgIpc) is 2.26. The van der Waals surface area contributed by atoms with Gasteiger partial charge in [-0.2, -0.15) is 0 Å². The number of nitrogens with two attached hydrogens (primary N) is 1. The van der Waals surface area contributed by atoms with Gasteiger partial charge in [-0.05, 0) is 62.2 Å². The third-order valence-corrected chi connectivity index (χ3v) is 5.37. The zero-order valence-corrected chi connectivity index (χ0v) is 10.5. The van der Waals surface area contributed by atoms with Crippen molar-refractivity contribution in [2.75, 3.05) is 6.54 Å². The predicted octanol–water partition coefficient (Wildman–Crippen LogP) is 2.14. The Hall–Kier alpha value is -0.0800. The zero-order valence-electron chi connectivity index (χ0n) is 10.5. The maximum absolute atomic E-state index is 6.01. The van der Waals surface area contributed by atoms with Gasteiger partial charge in [-0.25, -0.2) is 0 Å². The van der Waals surface area contributed by atoms with Crippen LogP contribution in [-0.2, 0) is 0 Å². The number of nitrogens with one attached hydrogen (secondary N) is 1. The van der Waals surface area contributed by atoms with Crippen molar-refractivity contribution >= 4 is 0 Å². The van der Waals surface area contributed by atoms with Crippen molar-refractivity contribution in [1.82, 2.24) is 5.32 Å². The van der Waals surface area contributed by atoms with E-state index in [9.17, 15) is 0 Å². The van der Waals surface area contributed by atoms with Gasteiger partial charge in [-0.3, -0.25) is 0 Å². The normalized spacial score (nSPS) is 47.2. The van der Waals surface area contributed by atoms with E-state index in [0.29, 0.717) is 6.04 Å². The average molecular weight is 222 g/mol. The van der Waals surface area contributed by atoms with Crippen LogP contribution in [0, 0.1) is 23.7 Å². The summed E-state index contributed by atoms with van der Waals surface area (Å²) < 4.78 is 0. The SMILES string of the molecule is CCC(N)CNC1C2CC3CC(C2)CC1C3. The molecule has 0 radical (unpaired) electrons. The molecule has 0 spiro atoms. The monoisotopic (exact) mass is 222 g/mol. The fraction of sp³-hybridized carbons (Fsp3) is 1.00. The molecule has 0 aromatic carbocycles. The van der Waals surface area contributed by atoms with Crippen LogP contribution in [-0.4, -0.2) is 18.6 Å². The molecular formula is C14H26N2. The van der Waals surface area contributed by atoms with Crippen LogP contribution in [0.25, 0.3) is 0 Å². The van der Waals surface area contributed by atoms with Crippen LogP contribution in [0.1, 0.15) is 45.4 Å². The first kappa shape index (κ1) is 11.0. The lowest BCUT2D eigenvalue weighted by molar-refractivity contribution is -0.0139. The highest BCUT2D eigenvalue weighted by Gasteiger charge is 2.47. The first-order valence-electron chi connectivity index (χ1n) is 7.25. The van der Waals surface area contributed by atoms with Gasteiger partial charge >= 0.3 is 0 Å². The molecule has 0 amide bonds. The highest BCUT2D eigenvalue weighted by Crippen LogP contribution is 2.53. The largest absolute Gasteiger partial charge is 0.327 e. The third kappa shape index (κ3) is 1.91. The second-order valence-corrected chi connectivity index (χ2v) is 6.53. The van der Waals surface area contributed by atoms with Gasteiger partial charge in [0.05, 0.1) is 0 Å². The van der Waals surface area contributed by atoms with Gasteiger partial charge in [0, 0.05) is 18.6 Å². The van der Waals surface area contributed by atoms with Crippen LogP contribution < -0.4 is 11.1 Å². The van der Waals surface area contributed by atoms with Crippen molar-refractivity contribution < 1.29 is 0 Å². The molecule has 1 unspecified atom stereocenters. The quantitative estimate of drug-likeness (QED) is 0.765. The summed E-state index contributed by atoms with van der Waals surface area (Å²) in [7, 11) is 0. The Labute approximate surface area is 99.4 Å². The fourth-order valence-electron chi connectivity index (χ4n) is 4.69. The predicted molar refractivity (Wildman–Crippen MR) is 67.1 cm³/mol. The van der Waals surface area contributed by atoms with E-state index in [4.69, 9.17) is 5.73 Å². The minimum Gasteiger partial charge on any atom is -0.327 e. The van der Waals surface area contributed by atoms with Crippen molar-refractivity contribution in [3.05, 3.63) is 0 Å². The standard InChI is InChI=1S/C14H26N2/c1-2-13(15)8-16-14-11-4-9-3-10(6-11)7-12(14)5-9/h9-14,16H,2-8,15H2,1H3. The molecule has 92 valence electrons. The molecule has 0 aromatic heterocycles. The lowest BCUT2D eigenvalue weighted by atomic mass is 9.54. The fourth-order valence-corrected chi connectivity index (χ4v) is 4.69. The second-order valence-electron chi connectivity index (χ2n) is 6.53. The molecule has 1 atom stereocenters. The van der Waals surface area contributed by atoms with Crippen LogP contribution in [0.15, 0.2) is 0 Å². The maximum atomic E-state index is 6.01. The van der Waals surface area contributed by atoms with E-state index >= 15 is 0 Å². The van der Waals surface area contributed by atoms with E-state index < -0.39 is 0 Å². The number of hydrogen-bond acceptors (Lipinski definition) is 2. The van der Waals surface area contributed by atoms with Crippen LogP contribution in [0.5, 0.6) is 0 Å². The lowest BCUT2D eigenvalue weighted by Crippen LogP contribution is -2.56. The molecule has 2 nitrogen and oxygen atoms in total. The summed E-state index contributed by atoms with van der Waals surface area (Å²) in [6, 6.07) is 1.17. The minimum absolute atomic E-state index is 0.359. The summed E-state index contributed by atoms with van der Waals surface area (Å²) in [4.78, 5) is 0. The third-order valence-electron chi connectivity index (χ3n) is 5.37. The molecule has 4 saturated carbocycles. The molecule has 0 saturated heterocycles. The molecular weight excluding hydrogens is 196 g/mol. The van der Waals surface area contributed by atoms with Gasteiger partial charge < -0.3 is 11.1 Å². The molecule has 16 heavy (non-hydrogen) atoms. The van der Waals surface area contributed by atoms with Gasteiger partial charge in [0.25, 0.3) is 0 Å². The number of hydrogen-bond donors (Lipinski definition) is 2. The van der Waals surface area contributed by atoms with Crippen LogP contribution in [0.2, 0.25) is 0 Å². The summed E-state index contributed by atoms with van der Waals surface area (Å²) in [5.41, 5.74) is 6.01. The molecule has 0 heterocycles. The Balaban J connectivity index is 1.59. The molecule has 3 N–H and O–H groups in total. The van der Waals surface area contributed by atoms with Gasteiger partial charge in [0.1, 0.15) is 0 Å². The van der Waals surface area contributed by atoms with E-state index in [0.717, 1.165) is 42.7 Å². The molecule has 4 aliphatic carbocycles. The van der Waals surface area contributed by atoms with E-state index in [1.54, 1.807) is 6.42 Å². The Morgan fingerprint density at radius 3 is 2.12 bits per heavy atom. The van der Waals surface area contributed by atoms with E-state index in [2.05, 4.69) is 12.2 Å². The Kier molecular flexibility index (Phi) is 2.97. The highest BCUT2D eigenvalue weighted by molar-refractivity contribution is 5.01. The van der Waals surface area contributed by atoms with Crippen LogP contribution in [0.4, 0.5) is 0 Å². The first-order chi connectivity index (χ1) is 7.76. The van der Waals surface area contributed by atoms with Gasteiger partial charge in [0.15, 0.2) is 0 Å². The van der Waals surface area contributed by atoms with Crippen LogP contribution >= 0.6 is 0 Å². The highest BCUT2D eigenvalue weighted by atomic mass is 15.0. The molecule has 4 aliphatic rings. The Morgan fingerprint density at radius 2 is 1.62 bits per heavy atom.